The van der Waals surface area contributed by atoms with E-state index < -0.39 is 34.6 Å². The highest BCUT2D eigenvalue weighted by Crippen LogP contribution is 2.16. The normalized spacial score (nSPS) is 12.2. The van der Waals surface area contributed by atoms with Gasteiger partial charge in [0.1, 0.15) is 0 Å². The van der Waals surface area contributed by atoms with E-state index in [1.165, 1.54) is 6.92 Å². The lowest BCUT2D eigenvalue weighted by atomic mass is 10.4. The van der Waals surface area contributed by atoms with E-state index in [-0.39, 0.29) is 18.6 Å². The van der Waals surface area contributed by atoms with Crippen LogP contribution in [0.4, 0.5) is 13.2 Å². The summed E-state index contributed by atoms with van der Waals surface area (Å²) in [5.74, 6) is -1.35. The third-order valence-electron chi connectivity index (χ3n) is 1.52. The Bertz CT molecular complexity index is 399. The molecule has 0 aromatic carbocycles. The number of rotatable bonds is 7. The molecule has 0 saturated carbocycles. The first-order chi connectivity index (χ1) is 8.03. The topological polar surface area (TPSA) is 69.7 Å². The van der Waals surface area contributed by atoms with Crippen molar-refractivity contribution >= 4 is 16.1 Å². The van der Waals surface area contributed by atoms with E-state index in [0.29, 0.717) is 0 Å². The Balaban J connectivity index is 3.92. The van der Waals surface area contributed by atoms with E-state index >= 15 is 0 Å². The van der Waals surface area contributed by atoms with Crippen molar-refractivity contribution in [1.82, 2.24) is 0 Å². The fraction of sp³-hybridized carbons (Fsp3) is 0.667. The van der Waals surface area contributed by atoms with E-state index in [1.807, 2.05) is 0 Å². The van der Waals surface area contributed by atoms with Gasteiger partial charge in [0.15, 0.2) is 6.61 Å². The molecule has 0 heterocycles. The molecular weight excluding hydrogens is 277 g/mol. The van der Waals surface area contributed by atoms with Crippen molar-refractivity contribution in [3.05, 3.63) is 12.2 Å². The molecule has 0 aliphatic rings. The number of carbonyl (C=O) groups excluding carboxylic acids is 1. The number of halogens is 3. The van der Waals surface area contributed by atoms with Gasteiger partial charge in [-0.1, -0.05) is 6.58 Å². The molecule has 0 rings (SSSR count). The van der Waals surface area contributed by atoms with Crippen LogP contribution in [0.5, 0.6) is 0 Å². The first kappa shape index (κ1) is 16.9. The van der Waals surface area contributed by atoms with Crippen LogP contribution in [-0.4, -0.2) is 39.5 Å². The highest BCUT2D eigenvalue weighted by atomic mass is 32.2. The van der Waals surface area contributed by atoms with Gasteiger partial charge in [0.05, 0.1) is 12.4 Å². The fourth-order valence-corrected chi connectivity index (χ4v) is 1.64. The minimum Gasteiger partial charge on any atom is -0.462 e. The smallest absolute Gasteiger partial charge is 0.413 e. The summed E-state index contributed by atoms with van der Waals surface area (Å²) in [7, 11) is -4.27. The third kappa shape index (κ3) is 8.99. The largest absolute Gasteiger partial charge is 0.462 e. The summed E-state index contributed by atoms with van der Waals surface area (Å²) in [5, 5.41) is 0. The van der Waals surface area contributed by atoms with Crippen molar-refractivity contribution in [2.24, 2.45) is 0 Å². The van der Waals surface area contributed by atoms with Gasteiger partial charge in [-0.05, 0) is 13.3 Å². The maximum absolute atomic E-state index is 11.7. The van der Waals surface area contributed by atoms with Crippen LogP contribution >= 0.6 is 0 Å². The minimum atomic E-state index is -4.71. The van der Waals surface area contributed by atoms with E-state index in [9.17, 15) is 26.4 Å². The van der Waals surface area contributed by atoms with Crippen molar-refractivity contribution in [3.63, 3.8) is 0 Å². The Morgan fingerprint density at radius 2 is 1.89 bits per heavy atom. The number of hydrogen-bond acceptors (Lipinski definition) is 5. The molecule has 0 spiro atoms. The molecule has 5 nitrogen and oxygen atoms in total. The summed E-state index contributed by atoms with van der Waals surface area (Å²) >= 11 is 0. The lowest BCUT2D eigenvalue weighted by Crippen LogP contribution is -2.22. The molecule has 0 amide bonds. The molecule has 0 aromatic heterocycles. The Morgan fingerprint density at radius 3 is 2.33 bits per heavy atom. The standard InChI is InChI=1S/C9H13F3O5S/c1-7(2)8(13)16-4-3-5-18(14,15)17-6-9(10,11)12/h1,3-6H2,2H3. The van der Waals surface area contributed by atoms with Crippen molar-refractivity contribution in [3.8, 4) is 0 Å². The molecule has 0 saturated heterocycles. The quantitative estimate of drug-likeness (QED) is 0.307. The van der Waals surface area contributed by atoms with Crippen LogP contribution in [0, 0.1) is 0 Å². The van der Waals surface area contributed by atoms with Crippen molar-refractivity contribution in [2.45, 2.75) is 19.5 Å². The maximum atomic E-state index is 11.7. The number of carbonyl (C=O) groups is 1. The van der Waals surface area contributed by atoms with Crippen LogP contribution in [0.1, 0.15) is 13.3 Å². The molecule has 0 aliphatic heterocycles. The Morgan fingerprint density at radius 1 is 1.33 bits per heavy atom. The van der Waals surface area contributed by atoms with Gasteiger partial charge in [-0.25, -0.2) is 4.79 Å². The SMILES string of the molecule is C=C(C)C(=O)OCCCS(=O)(=O)OCC(F)(F)F. The van der Waals surface area contributed by atoms with Crippen LogP contribution < -0.4 is 0 Å². The molecule has 0 unspecified atom stereocenters. The predicted octanol–water partition coefficient (Wildman–Crippen LogP) is 1.40. The van der Waals surface area contributed by atoms with Crippen LogP contribution in [0.3, 0.4) is 0 Å². The van der Waals surface area contributed by atoms with Gasteiger partial charge in [-0.2, -0.15) is 21.6 Å². The summed E-state index contributed by atoms with van der Waals surface area (Å²) in [5.41, 5.74) is 0.145. The second kappa shape index (κ2) is 6.74. The second-order valence-electron chi connectivity index (χ2n) is 3.41. The van der Waals surface area contributed by atoms with Crippen LogP contribution in [0.25, 0.3) is 0 Å². The molecule has 9 heteroatoms. The Labute approximate surface area is 103 Å². The van der Waals surface area contributed by atoms with Gasteiger partial charge in [0.2, 0.25) is 0 Å². The molecule has 0 aromatic rings. The first-order valence-corrected chi connectivity index (χ1v) is 6.38. The molecule has 0 N–H and O–H groups in total. The number of hydrogen-bond donors (Lipinski definition) is 0. The van der Waals surface area contributed by atoms with Gasteiger partial charge in [0, 0.05) is 5.57 Å². The van der Waals surface area contributed by atoms with Crippen molar-refractivity contribution in [1.29, 1.82) is 0 Å². The van der Waals surface area contributed by atoms with Crippen LogP contribution in [-0.2, 0) is 23.8 Å². The first-order valence-electron chi connectivity index (χ1n) is 4.80. The number of alkyl halides is 3. The summed E-state index contributed by atoms with van der Waals surface area (Å²) < 4.78 is 65.4. The Hall–Kier alpha value is -1.09. The van der Waals surface area contributed by atoms with E-state index in [2.05, 4.69) is 15.5 Å². The molecular formula is C9H13F3O5S. The molecule has 0 aliphatic carbocycles. The van der Waals surface area contributed by atoms with Gasteiger partial charge in [-0.3, -0.25) is 4.18 Å². The predicted molar refractivity (Wildman–Crippen MR) is 56.2 cm³/mol. The molecule has 0 radical (unpaired) electrons. The number of esters is 1. The summed E-state index contributed by atoms with van der Waals surface area (Å²) in [6.07, 6.45) is -4.86. The maximum Gasteiger partial charge on any atom is 0.413 e. The number of ether oxygens (including phenoxy) is 1. The van der Waals surface area contributed by atoms with E-state index in [1.54, 1.807) is 0 Å². The summed E-state index contributed by atoms with van der Waals surface area (Å²) in [6.45, 7) is 2.61. The molecule has 0 bridgehead atoms. The zero-order valence-electron chi connectivity index (χ0n) is 9.62. The van der Waals surface area contributed by atoms with Gasteiger partial charge in [-0.15, -0.1) is 0 Å². The monoisotopic (exact) mass is 290 g/mol. The summed E-state index contributed by atoms with van der Waals surface area (Å²) in [6, 6.07) is 0. The zero-order valence-corrected chi connectivity index (χ0v) is 10.4. The molecule has 106 valence electrons. The lowest BCUT2D eigenvalue weighted by molar-refractivity contribution is -0.152. The summed E-state index contributed by atoms with van der Waals surface area (Å²) in [4.78, 5) is 10.9. The van der Waals surface area contributed by atoms with Crippen LogP contribution in [0.2, 0.25) is 0 Å². The molecule has 0 fully saturated rings. The third-order valence-corrected chi connectivity index (χ3v) is 2.79. The van der Waals surface area contributed by atoms with Gasteiger partial charge < -0.3 is 4.74 Å². The van der Waals surface area contributed by atoms with Gasteiger partial charge in [0.25, 0.3) is 10.1 Å². The minimum absolute atomic E-state index is 0.145. The van der Waals surface area contributed by atoms with Gasteiger partial charge >= 0.3 is 12.1 Å². The average Bonchev–Trinajstić information content (AvgIpc) is 2.20. The van der Waals surface area contributed by atoms with Crippen molar-refractivity contribution in [2.75, 3.05) is 19.0 Å². The van der Waals surface area contributed by atoms with Crippen LogP contribution in [0.15, 0.2) is 12.2 Å². The molecule has 0 atom stereocenters. The van der Waals surface area contributed by atoms with Crippen molar-refractivity contribution < 1.29 is 35.3 Å². The zero-order chi connectivity index (χ0) is 14.4. The van der Waals surface area contributed by atoms with E-state index in [4.69, 9.17) is 0 Å². The highest BCUT2D eigenvalue weighted by Gasteiger charge is 2.30. The second-order valence-corrected chi connectivity index (χ2v) is 5.17. The highest BCUT2D eigenvalue weighted by molar-refractivity contribution is 7.86. The molecule has 18 heavy (non-hydrogen) atoms. The van der Waals surface area contributed by atoms with E-state index in [0.717, 1.165) is 0 Å². The Kier molecular flexibility index (Phi) is 6.33. The fourth-order valence-electron chi connectivity index (χ4n) is 0.739. The lowest BCUT2D eigenvalue weighted by Gasteiger charge is -2.08. The average molecular weight is 290 g/mol.